The van der Waals surface area contributed by atoms with Crippen LogP contribution in [0.3, 0.4) is 0 Å². The Balaban J connectivity index is 1.85. The highest BCUT2D eigenvalue weighted by molar-refractivity contribution is 8.24. The van der Waals surface area contributed by atoms with Gasteiger partial charge in [0.1, 0.15) is 31.8 Å². The molecule has 0 saturated carbocycles. The second-order valence-corrected chi connectivity index (χ2v) is 15.2. The molecule has 0 N–H and O–H groups in total. The topological polar surface area (TPSA) is 172 Å². The predicted molar refractivity (Wildman–Crippen MR) is 176 cm³/mol. The molecule has 256 valence electrons. The molecule has 3 amide bonds. The molecule has 0 aliphatic carbocycles. The van der Waals surface area contributed by atoms with Gasteiger partial charge in [-0.05, 0) is 19.9 Å². The predicted octanol–water partition coefficient (Wildman–Crippen LogP) is 2.29. The number of anilines is 1. The van der Waals surface area contributed by atoms with Crippen molar-refractivity contribution < 1.29 is 57.2 Å². The molecule has 2 unspecified atom stereocenters. The molecule has 1 aromatic carbocycles. The zero-order valence-corrected chi connectivity index (χ0v) is 29.5. The molecule has 17 heteroatoms. The normalized spacial score (nSPS) is 24.3. The number of methoxy groups -OCH3 is 5. The number of imide groups is 1. The first-order valence-electron chi connectivity index (χ1n) is 14.4. The first kappa shape index (κ1) is 35.3. The van der Waals surface area contributed by atoms with Crippen LogP contribution in [0.2, 0.25) is 0 Å². The van der Waals surface area contributed by atoms with Crippen LogP contribution in [0.4, 0.5) is 5.69 Å². The summed E-state index contributed by atoms with van der Waals surface area (Å²) in [5.74, 6) is -4.71. The molecule has 14 nitrogen and oxygen atoms in total. The van der Waals surface area contributed by atoms with Crippen LogP contribution in [0.1, 0.15) is 32.3 Å². The number of para-hydroxylation sites is 1. The molecular formula is C31H32N2O12S3. The van der Waals surface area contributed by atoms with Gasteiger partial charge in [-0.3, -0.25) is 33.8 Å². The molecule has 0 aromatic heterocycles. The van der Waals surface area contributed by atoms with Crippen molar-refractivity contribution in [2.75, 3.05) is 47.0 Å². The molecule has 2 atom stereocenters. The number of carbonyl (C=O) groups excluding carboxylic acids is 7. The zero-order valence-electron chi connectivity index (χ0n) is 27.0. The Morgan fingerprint density at radius 1 is 0.833 bits per heavy atom. The monoisotopic (exact) mass is 720 g/mol. The maximum atomic E-state index is 14.3. The maximum Gasteiger partial charge on any atom is 0.345 e. The van der Waals surface area contributed by atoms with E-state index in [-0.39, 0.29) is 34.8 Å². The lowest BCUT2D eigenvalue weighted by molar-refractivity contribution is -0.145. The van der Waals surface area contributed by atoms with Crippen molar-refractivity contribution in [3.05, 3.63) is 39.1 Å². The molecule has 2 saturated heterocycles. The highest BCUT2D eigenvalue weighted by atomic mass is 32.2. The third kappa shape index (κ3) is 5.35. The molecular weight excluding hydrogens is 689 g/mol. The van der Waals surface area contributed by atoms with E-state index in [1.807, 2.05) is 0 Å². The fourth-order valence-electron chi connectivity index (χ4n) is 6.19. The average Bonchev–Trinajstić information content (AvgIpc) is 3.62. The van der Waals surface area contributed by atoms with Crippen LogP contribution in [-0.4, -0.2) is 109 Å². The summed E-state index contributed by atoms with van der Waals surface area (Å²) >= 11 is 2.70. The van der Waals surface area contributed by atoms with Gasteiger partial charge in [0, 0.05) is 28.9 Å². The number of esters is 4. The Bertz CT molecular complexity index is 1680. The lowest BCUT2D eigenvalue weighted by Gasteiger charge is -2.51. The number of thioether (sulfide) groups is 3. The summed E-state index contributed by atoms with van der Waals surface area (Å²) in [6.07, 6.45) is -0.0201. The smallest absolute Gasteiger partial charge is 0.345 e. The largest absolute Gasteiger partial charge is 0.495 e. The lowest BCUT2D eigenvalue weighted by Crippen LogP contribution is -2.56. The number of fused-ring (bicyclic) bond motifs is 3. The third-order valence-electron chi connectivity index (χ3n) is 8.33. The lowest BCUT2D eigenvalue weighted by atomic mass is 9.83. The first-order chi connectivity index (χ1) is 22.7. The molecule has 0 bridgehead atoms. The highest BCUT2D eigenvalue weighted by Crippen LogP contribution is 2.71. The Labute approximate surface area is 288 Å². The van der Waals surface area contributed by atoms with Crippen molar-refractivity contribution in [1.82, 2.24) is 4.90 Å². The Hall–Kier alpha value is -3.96. The van der Waals surface area contributed by atoms with Gasteiger partial charge in [0.25, 0.3) is 0 Å². The number of rotatable bonds is 7. The second-order valence-electron chi connectivity index (χ2n) is 11.3. The summed E-state index contributed by atoms with van der Waals surface area (Å²) in [6.45, 7) is 2.84. The quantitative estimate of drug-likeness (QED) is 0.228. The number of hydrogen-bond donors (Lipinski definition) is 0. The molecule has 4 aliphatic heterocycles. The molecule has 5 rings (SSSR count). The van der Waals surface area contributed by atoms with Gasteiger partial charge in [0.2, 0.25) is 17.7 Å². The van der Waals surface area contributed by atoms with E-state index in [1.165, 1.54) is 12.0 Å². The number of benzene rings is 1. The maximum absolute atomic E-state index is 14.3. The van der Waals surface area contributed by atoms with Gasteiger partial charge in [-0.15, -0.1) is 23.5 Å². The average molecular weight is 721 g/mol. The van der Waals surface area contributed by atoms with E-state index in [0.29, 0.717) is 16.0 Å². The van der Waals surface area contributed by atoms with Gasteiger partial charge in [-0.2, -0.15) is 0 Å². The van der Waals surface area contributed by atoms with Crippen molar-refractivity contribution in [1.29, 1.82) is 0 Å². The van der Waals surface area contributed by atoms with Crippen LogP contribution in [0.15, 0.2) is 33.6 Å². The molecule has 4 heterocycles. The van der Waals surface area contributed by atoms with Gasteiger partial charge in [0.05, 0.1) is 52.3 Å². The summed E-state index contributed by atoms with van der Waals surface area (Å²) in [5.41, 5.74) is -0.538. The molecule has 4 aliphatic rings. The van der Waals surface area contributed by atoms with E-state index >= 15 is 0 Å². The van der Waals surface area contributed by atoms with Crippen molar-refractivity contribution in [2.24, 2.45) is 0 Å². The highest BCUT2D eigenvalue weighted by Gasteiger charge is 2.65. The zero-order chi connectivity index (χ0) is 35.3. The number of nitrogens with zero attached hydrogens (tertiary/aromatic N) is 2. The van der Waals surface area contributed by atoms with Gasteiger partial charge >= 0.3 is 23.9 Å². The van der Waals surface area contributed by atoms with Crippen LogP contribution in [-0.2, 0) is 52.5 Å². The van der Waals surface area contributed by atoms with Crippen LogP contribution in [0, 0.1) is 0 Å². The van der Waals surface area contributed by atoms with Crippen LogP contribution in [0.5, 0.6) is 5.75 Å². The minimum atomic E-state index is -1.71. The number of amides is 3. The minimum Gasteiger partial charge on any atom is -0.495 e. The van der Waals surface area contributed by atoms with E-state index in [4.69, 9.17) is 23.7 Å². The van der Waals surface area contributed by atoms with Crippen LogP contribution >= 0.6 is 35.3 Å². The summed E-state index contributed by atoms with van der Waals surface area (Å²) < 4.78 is 24.5. The molecule has 1 spiro atoms. The molecule has 0 radical (unpaired) electrons. The molecule has 2 fully saturated rings. The standard InChI is InChI=1S/C31H32N2O12S3/c1-30(2)25-19(14-9-8-10-15(41-3)21(14)33(30)18(36)13-32-16(34)11-12-17(32)35)31(20(26(37)42-4)22(46-25)27(38)43-5)47-23(28(39)44-6)24(48-31)29(40)45-7/h8-10,23-24H,11-13H2,1-7H3. The fraction of sp³-hybridized carbons (Fsp3) is 0.452. The van der Waals surface area contributed by atoms with Gasteiger partial charge in [0.15, 0.2) is 0 Å². The Morgan fingerprint density at radius 2 is 1.40 bits per heavy atom. The SMILES string of the molecule is COC(=O)C1=C(C(=O)OC)C2(SC(C(=O)OC)C(C(=O)OC)S2)C2=C(S1)C(C)(C)N(C(=O)CN1C(=O)CCC1=O)c1c(OC)cccc12. The summed E-state index contributed by atoms with van der Waals surface area (Å²) in [5, 5.41) is -2.43. The van der Waals surface area contributed by atoms with E-state index in [0.717, 1.165) is 68.6 Å². The summed E-state index contributed by atoms with van der Waals surface area (Å²) in [4.78, 5) is 95.7. The van der Waals surface area contributed by atoms with E-state index in [2.05, 4.69) is 0 Å². The fourth-order valence-corrected chi connectivity index (χ4v) is 11.9. The Kier molecular flexibility index (Phi) is 9.69. The van der Waals surface area contributed by atoms with Gasteiger partial charge in [-0.1, -0.05) is 23.9 Å². The minimum absolute atomic E-state index is 0.0101. The number of carbonyl (C=O) groups is 7. The van der Waals surface area contributed by atoms with E-state index in [9.17, 15) is 33.6 Å². The van der Waals surface area contributed by atoms with Gasteiger partial charge in [-0.25, -0.2) is 9.59 Å². The second kappa shape index (κ2) is 13.2. The molecule has 1 aromatic rings. The molecule has 48 heavy (non-hydrogen) atoms. The number of hydrogen-bond acceptors (Lipinski definition) is 15. The summed E-state index contributed by atoms with van der Waals surface area (Å²) in [7, 11) is 6.00. The summed E-state index contributed by atoms with van der Waals surface area (Å²) in [6, 6.07) is 4.96. The Morgan fingerprint density at radius 3 is 1.90 bits per heavy atom. The van der Waals surface area contributed by atoms with Crippen molar-refractivity contribution in [3.63, 3.8) is 0 Å². The van der Waals surface area contributed by atoms with Crippen molar-refractivity contribution in [3.8, 4) is 5.75 Å². The van der Waals surface area contributed by atoms with Crippen molar-refractivity contribution >= 4 is 88.1 Å². The van der Waals surface area contributed by atoms with Gasteiger partial charge < -0.3 is 23.7 Å². The third-order valence-corrected chi connectivity index (χ3v) is 13.5. The van der Waals surface area contributed by atoms with Crippen LogP contribution < -0.4 is 9.64 Å². The number of ether oxygens (including phenoxy) is 5. The van der Waals surface area contributed by atoms with E-state index < -0.39 is 68.3 Å². The van der Waals surface area contributed by atoms with Crippen LogP contribution in [0.25, 0.3) is 5.57 Å². The van der Waals surface area contributed by atoms with E-state index in [1.54, 1.807) is 32.0 Å². The van der Waals surface area contributed by atoms with Crippen molar-refractivity contribution in [2.45, 2.75) is 46.8 Å². The first-order valence-corrected chi connectivity index (χ1v) is 17.0. The number of likely N-dealkylation sites (tertiary alicyclic amines) is 1.